The van der Waals surface area contributed by atoms with Gasteiger partial charge in [0.15, 0.2) is 0 Å². The second-order valence-electron chi connectivity index (χ2n) is 4.86. The Morgan fingerprint density at radius 1 is 1.15 bits per heavy atom. The van der Waals surface area contributed by atoms with E-state index < -0.39 is 0 Å². The Morgan fingerprint density at radius 2 is 1.62 bits per heavy atom. The molecule has 0 aliphatic rings. The average Bonchev–Trinajstić information content (AvgIpc) is 1.83. The summed E-state index contributed by atoms with van der Waals surface area (Å²) in [6, 6.07) is 0. The van der Waals surface area contributed by atoms with Crippen molar-refractivity contribution in [1.29, 1.82) is 0 Å². The number of rotatable bonds is 2. The lowest BCUT2D eigenvalue weighted by Gasteiger charge is -2.39. The molecule has 0 rings (SSSR count). The molecule has 0 saturated heterocycles. The summed E-state index contributed by atoms with van der Waals surface area (Å²) in [5.41, 5.74) is -0.131. The third-order valence-corrected chi connectivity index (χ3v) is 2.63. The Balaban J connectivity index is 4.43. The molecule has 0 unspecified atom stereocenters. The maximum absolute atomic E-state index is 11.3. The van der Waals surface area contributed by atoms with Gasteiger partial charge in [-0.15, -0.1) is 0 Å². The SMILES string of the molecule is C/C=C/C(=O)NC(C)(C)C(C)(C)C. The van der Waals surface area contributed by atoms with Gasteiger partial charge in [-0.05, 0) is 32.3 Å². The molecule has 0 aromatic heterocycles. The van der Waals surface area contributed by atoms with E-state index >= 15 is 0 Å². The van der Waals surface area contributed by atoms with Gasteiger partial charge in [0.25, 0.3) is 0 Å². The molecule has 0 aromatic carbocycles. The Morgan fingerprint density at radius 3 is 1.92 bits per heavy atom. The highest BCUT2D eigenvalue weighted by Crippen LogP contribution is 2.29. The first-order valence-electron chi connectivity index (χ1n) is 4.65. The summed E-state index contributed by atoms with van der Waals surface area (Å²) in [4.78, 5) is 11.3. The van der Waals surface area contributed by atoms with Gasteiger partial charge < -0.3 is 5.32 Å². The van der Waals surface area contributed by atoms with Crippen molar-refractivity contribution in [1.82, 2.24) is 5.32 Å². The van der Waals surface area contributed by atoms with E-state index in [0.717, 1.165) is 0 Å². The molecule has 0 radical (unpaired) electrons. The predicted octanol–water partition coefficient (Wildman–Crippen LogP) is 2.50. The third-order valence-electron chi connectivity index (χ3n) is 2.63. The molecule has 0 spiro atoms. The lowest BCUT2D eigenvalue weighted by Crippen LogP contribution is -2.52. The van der Waals surface area contributed by atoms with E-state index in [4.69, 9.17) is 0 Å². The van der Waals surface area contributed by atoms with Crippen LogP contribution in [0.25, 0.3) is 0 Å². The van der Waals surface area contributed by atoms with Crippen LogP contribution in [0, 0.1) is 5.41 Å². The van der Waals surface area contributed by atoms with Gasteiger partial charge in [0, 0.05) is 5.54 Å². The van der Waals surface area contributed by atoms with Crippen LogP contribution in [0.5, 0.6) is 0 Å². The number of allylic oxidation sites excluding steroid dienone is 1. The maximum atomic E-state index is 11.3. The lowest BCUT2D eigenvalue weighted by molar-refractivity contribution is -0.119. The van der Waals surface area contributed by atoms with Gasteiger partial charge in [-0.3, -0.25) is 4.79 Å². The zero-order valence-corrected chi connectivity index (χ0v) is 9.56. The van der Waals surface area contributed by atoms with E-state index in [1.165, 1.54) is 0 Å². The predicted molar refractivity (Wildman–Crippen MR) is 56.5 cm³/mol. The minimum absolute atomic E-state index is 0.0255. The van der Waals surface area contributed by atoms with Gasteiger partial charge in [0.1, 0.15) is 0 Å². The Hall–Kier alpha value is -0.790. The highest BCUT2D eigenvalue weighted by Gasteiger charge is 2.33. The monoisotopic (exact) mass is 183 g/mol. The summed E-state index contributed by atoms with van der Waals surface area (Å²) in [6.45, 7) is 12.3. The average molecular weight is 183 g/mol. The highest BCUT2D eigenvalue weighted by atomic mass is 16.1. The first-order chi connectivity index (χ1) is 5.70. The van der Waals surface area contributed by atoms with E-state index in [9.17, 15) is 4.79 Å². The van der Waals surface area contributed by atoms with E-state index in [2.05, 4.69) is 26.1 Å². The summed E-state index contributed by atoms with van der Waals surface area (Å²) in [6.07, 6.45) is 3.29. The van der Waals surface area contributed by atoms with Crippen LogP contribution in [-0.2, 0) is 4.79 Å². The molecule has 76 valence electrons. The summed E-state index contributed by atoms with van der Waals surface area (Å²) in [5, 5.41) is 2.97. The van der Waals surface area contributed by atoms with Gasteiger partial charge >= 0.3 is 0 Å². The van der Waals surface area contributed by atoms with Crippen molar-refractivity contribution in [2.75, 3.05) is 0 Å². The van der Waals surface area contributed by atoms with Crippen molar-refractivity contribution in [3.8, 4) is 0 Å². The van der Waals surface area contributed by atoms with Crippen LogP contribution in [0.3, 0.4) is 0 Å². The molecule has 0 saturated carbocycles. The van der Waals surface area contributed by atoms with Gasteiger partial charge in [-0.25, -0.2) is 0 Å². The maximum Gasteiger partial charge on any atom is 0.244 e. The summed E-state index contributed by atoms with van der Waals surface area (Å²) in [5.74, 6) is -0.0255. The summed E-state index contributed by atoms with van der Waals surface area (Å²) in [7, 11) is 0. The van der Waals surface area contributed by atoms with Gasteiger partial charge in [0.05, 0.1) is 0 Å². The van der Waals surface area contributed by atoms with E-state index in [1.807, 2.05) is 20.8 Å². The summed E-state index contributed by atoms with van der Waals surface area (Å²) >= 11 is 0. The highest BCUT2D eigenvalue weighted by molar-refractivity contribution is 5.88. The van der Waals surface area contributed by atoms with E-state index in [1.54, 1.807) is 12.2 Å². The van der Waals surface area contributed by atoms with Crippen LogP contribution >= 0.6 is 0 Å². The normalized spacial score (nSPS) is 13.4. The molecule has 2 heteroatoms. The van der Waals surface area contributed by atoms with Crippen LogP contribution in [0.4, 0.5) is 0 Å². The van der Waals surface area contributed by atoms with Crippen molar-refractivity contribution >= 4 is 5.91 Å². The number of amides is 1. The van der Waals surface area contributed by atoms with Crippen molar-refractivity contribution in [3.05, 3.63) is 12.2 Å². The summed E-state index contributed by atoms with van der Waals surface area (Å²) < 4.78 is 0. The first kappa shape index (κ1) is 12.2. The number of carbonyl (C=O) groups excluding carboxylic acids is 1. The fourth-order valence-electron chi connectivity index (χ4n) is 0.689. The Bertz CT molecular complexity index is 209. The van der Waals surface area contributed by atoms with Crippen LogP contribution in [0.2, 0.25) is 0 Å². The molecule has 0 bridgehead atoms. The van der Waals surface area contributed by atoms with Crippen LogP contribution in [-0.4, -0.2) is 11.4 Å². The minimum Gasteiger partial charge on any atom is -0.347 e. The largest absolute Gasteiger partial charge is 0.347 e. The van der Waals surface area contributed by atoms with Crippen LogP contribution in [0.1, 0.15) is 41.5 Å². The number of nitrogens with one attached hydrogen (secondary N) is 1. The molecule has 0 fully saturated rings. The van der Waals surface area contributed by atoms with Gasteiger partial charge in [-0.1, -0.05) is 26.8 Å². The van der Waals surface area contributed by atoms with E-state index in [0.29, 0.717) is 0 Å². The zero-order valence-electron chi connectivity index (χ0n) is 9.56. The Kier molecular flexibility index (Phi) is 3.71. The van der Waals surface area contributed by atoms with Crippen molar-refractivity contribution < 1.29 is 4.79 Å². The molecule has 1 N–H and O–H groups in total. The molecule has 0 aromatic rings. The molecule has 1 amide bonds. The molecule has 0 atom stereocenters. The molecule has 0 aliphatic heterocycles. The van der Waals surface area contributed by atoms with Crippen LogP contribution in [0.15, 0.2) is 12.2 Å². The molecule has 2 nitrogen and oxygen atoms in total. The zero-order chi connectivity index (χ0) is 10.7. The minimum atomic E-state index is -0.191. The molecular weight excluding hydrogens is 162 g/mol. The van der Waals surface area contributed by atoms with Gasteiger partial charge in [-0.2, -0.15) is 0 Å². The lowest BCUT2D eigenvalue weighted by atomic mass is 9.76. The van der Waals surface area contributed by atoms with Crippen molar-refractivity contribution in [2.24, 2.45) is 5.41 Å². The van der Waals surface area contributed by atoms with Crippen LogP contribution < -0.4 is 5.32 Å². The number of hydrogen-bond acceptors (Lipinski definition) is 1. The van der Waals surface area contributed by atoms with E-state index in [-0.39, 0.29) is 16.9 Å². The fraction of sp³-hybridized carbons (Fsp3) is 0.727. The standard InChI is InChI=1S/C11H21NO/c1-7-8-9(13)12-11(5,6)10(2,3)4/h7-8H,1-6H3,(H,12,13)/b8-7+. The fourth-order valence-corrected chi connectivity index (χ4v) is 0.689. The van der Waals surface area contributed by atoms with Gasteiger partial charge in [0.2, 0.25) is 5.91 Å². The smallest absolute Gasteiger partial charge is 0.244 e. The Labute approximate surface area is 81.4 Å². The second kappa shape index (κ2) is 3.95. The topological polar surface area (TPSA) is 29.1 Å². The second-order valence-corrected chi connectivity index (χ2v) is 4.86. The molecule has 0 aliphatic carbocycles. The molecular formula is C11H21NO. The van der Waals surface area contributed by atoms with Crippen molar-refractivity contribution in [2.45, 2.75) is 47.1 Å². The first-order valence-corrected chi connectivity index (χ1v) is 4.65. The molecule has 0 heterocycles. The quantitative estimate of drug-likeness (QED) is 0.655. The van der Waals surface area contributed by atoms with Crippen molar-refractivity contribution in [3.63, 3.8) is 0 Å². The molecule has 13 heavy (non-hydrogen) atoms. The number of carbonyl (C=O) groups is 1. The number of hydrogen-bond donors (Lipinski definition) is 1. The third kappa shape index (κ3) is 3.62.